The fourth-order valence-electron chi connectivity index (χ4n) is 8.73. The van der Waals surface area contributed by atoms with Crippen molar-refractivity contribution < 1.29 is 23.0 Å². The van der Waals surface area contributed by atoms with Crippen molar-refractivity contribution >= 4 is 27.5 Å². The van der Waals surface area contributed by atoms with Gasteiger partial charge in [0.1, 0.15) is 42.1 Å². The molecule has 508 valence electrons. The lowest BCUT2D eigenvalue weighted by molar-refractivity contribution is 0.301. The van der Waals surface area contributed by atoms with Crippen LogP contribution in [0, 0.1) is 30.9 Å². The molecule has 0 atom stereocenters. The molecule has 4 nitrogen and oxygen atoms in total. The van der Waals surface area contributed by atoms with Gasteiger partial charge in [0.25, 0.3) is 0 Å². The van der Waals surface area contributed by atoms with E-state index in [1.54, 1.807) is 31.5 Å². The number of aromatic nitrogens is 1. The Kier molecular flexibility index (Phi) is 31.9. The van der Waals surface area contributed by atoms with Gasteiger partial charge in [-0.1, -0.05) is 294 Å². The third-order valence-corrected chi connectivity index (χ3v) is 15.8. The molecule has 0 aliphatic carbocycles. The van der Waals surface area contributed by atoms with E-state index in [4.69, 9.17) is 32.2 Å². The first-order valence-electron chi connectivity index (χ1n) is 32.6. The molecule has 0 saturated carbocycles. The van der Waals surface area contributed by atoms with Gasteiger partial charge >= 0.3 is 0 Å². The average molecular weight is 1370 g/mol. The number of rotatable bonds is 7. The second-order valence-corrected chi connectivity index (χ2v) is 32.1. The van der Waals surface area contributed by atoms with E-state index in [2.05, 4.69) is 276 Å². The molecule has 0 unspecified atom stereocenters. The second kappa shape index (κ2) is 37.1. The summed E-state index contributed by atoms with van der Waals surface area (Å²) < 4.78 is 43.4. The van der Waals surface area contributed by atoms with Crippen molar-refractivity contribution in [2.24, 2.45) is 0 Å². The summed E-state index contributed by atoms with van der Waals surface area (Å²) in [4.78, 5) is 4.23. The van der Waals surface area contributed by atoms with Gasteiger partial charge in [0.05, 0.1) is 17.8 Å². The molecule has 0 aliphatic heterocycles. The first-order valence-corrected chi connectivity index (χ1v) is 33.8. The van der Waals surface area contributed by atoms with Gasteiger partial charge in [-0.2, -0.15) is 0 Å². The lowest BCUT2D eigenvalue weighted by atomic mass is 9.86. The molecule has 0 radical (unpaired) electrons. The zero-order valence-corrected chi connectivity index (χ0v) is 63.7. The molecule has 0 N–H and O–H groups in total. The molecular formula is C87H109BrClF2NO3. The molecule has 1 aromatic heterocycles. The molecule has 0 fully saturated rings. The number of terminal acetylenes is 1. The predicted octanol–water partition coefficient (Wildman–Crippen LogP) is 25.4. The van der Waals surface area contributed by atoms with Crippen molar-refractivity contribution in [3.05, 3.63) is 295 Å². The van der Waals surface area contributed by atoms with E-state index in [-0.39, 0.29) is 54.6 Å². The Hall–Kier alpha value is -7.50. The number of halogens is 4. The van der Waals surface area contributed by atoms with E-state index in [1.807, 2.05) is 72.8 Å². The van der Waals surface area contributed by atoms with Crippen LogP contribution in [-0.4, -0.2) is 12.1 Å². The maximum Gasteiger partial charge on any atom is 0.141 e. The predicted molar refractivity (Wildman–Crippen MR) is 407 cm³/mol. The van der Waals surface area contributed by atoms with E-state index >= 15 is 0 Å². The van der Waals surface area contributed by atoms with Crippen molar-refractivity contribution in [1.29, 1.82) is 0 Å². The highest BCUT2D eigenvalue weighted by Gasteiger charge is 2.18. The van der Waals surface area contributed by atoms with Crippen LogP contribution in [0.15, 0.2) is 217 Å². The van der Waals surface area contributed by atoms with Crippen LogP contribution in [0.5, 0.6) is 17.2 Å². The van der Waals surface area contributed by atoms with Gasteiger partial charge < -0.3 is 14.2 Å². The summed E-state index contributed by atoms with van der Waals surface area (Å²) in [6.45, 7) is 48.9. The summed E-state index contributed by atoms with van der Waals surface area (Å²) in [5.74, 6) is 4.67. The minimum Gasteiger partial charge on any atom is -0.497 e. The van der Waals surface area contributed by atoms with Gasteiger partial charge in [-0.25, -0.2) is 8.78 Å². The van der Waals surface area contributed by atoms with Gasteiger partial charge in [0.2, 0.25) is 0 Å². The van der Waals surface area contributed by atoms with Crippen LogP contribution < -0.4 is 14.2 Å². The number of aryl methyl sites for hydroxylation is 1. The third kappa shape index (κ3) is 31.7. The Labute approximate surface area is 586 Å². The number of methoxy groups -OCH3 is 1. The van der Waals surface area contributed by atoms with Gasteiger partial charge in [-0.3, -0.25) is 4.98 Å². The summed E-state index contributed by atoms with van der Waals surface area (Å²) >= 11 is 9.10. The lowest BCUT2D eigenvalue weighted by Gasteiger charge is -2.19. The Morgan fingerprint density at radius 3 is 1.24 bits per heavy atom. The highest BCUT2D eigenvalue weighted by atomic mass is 79.9. The number of pyridine rings is 1. The maximum atomic E-state index is 13.0. The Morgan fingerprint density at radius 1 is 0.411 bits per heavy atom. The Balaban J connectivity index is 0.000000292. The Morgan fingerprint density at radius 2 is 0.832 bits per heavy atom. The van der Waals surface area contributed by atoms with E-state index in [0.29, 0.717) is 13.2 Å². The van der Waals surface area contributed by atoms with Crippen molar-refractivity contribution in [3.8, 4) is 29.6 Å². The molecule has 8 heteroatoms. The third-order valence-electron chi connectivity index (χ3n) is 15.0. The summed E-state index contributed by atoms with van der Waals surface area (Å²) in [6, 6.07) is 67.0. The standard InChI is InChI=1S/C17H19FO.C16H19NO.C12H14.C11H16O.C11H16.C10H13Br.C10H12ClF/c1-17(2,3)14-7-9-16(10-8-14)19-12-13-5-4-6-15(18)11-13;1-16(2,3)13-7-9-15(10-8-13)18-12-14-6-4-5-11-17-14;1-5-10-7-6-8-11(9-10)12(2,3)4;1-11(2,3)9-6-5-7-10(8-9)12-4;1-9-6-5-7-10(8-9)11(2,3)4;1-10(2,3)8-5-4-6-9(11)7-8;1-10(2,3)7-4-5-9(12)8(11)6-7/h4-11H,12H2,1-3H3;4-11H,12H2,1-3H3;1,6-9H,2-4H3;5-8H,1-4H3;5-8H,1-4H3;4-7H,1-3H3;4-6H,1-3H3. The van der Waals surface area contributed by atoms with Crippen LogP contribution in [0.25, 0.3) is 0 Å². The van der Waals surface area contributed by atoms with E-state index in [1.165, 1.54) is 57.1 Å². The van der Waals surface area contributed by atoms with Gasteiger partial charge in [-0.05, 0) is 186 Å². The van der Waals surface area contributed by atoms with Gasteiger partial charge in [0, 0.05) is 16.2 Å². The molecule has 0 aliphatic rings. The minimum atomic E-state index is -0.357. The van der Waals surface area contributed by atoms with Crippen LogP contribution in [-0.2, 0) is 51.1 Å². The summed E-state index contributed by atoms with van der Waals surface area (Å²) in [5, 5.41) is 0.197. The number of benzene rings is 8. The number of nitrogens with zero attached hydrogens (tertiary/aromatic N) is 1. The molecule has 0 bridgehead atoms. The molecule has 95 heavy (non-hydrogen) atoms. The zero-order chi connectivity index (χ0) is 71.6. The number of ether oxygens (including phenoxy) is 3. The van der Waals surface area contributed by atoms with Crippen molar-refractivity contribution in [2.75, 3.05) is 7.11 Å². The van der Waals surface area contributed by atoms with Crippen LogP contribution >= 0.6 is 27.5 Å². The zero-order valence-electron chi connectivity index (χ0n) is 61.4. The van der Waals surface area contributed by atoms with E-state index < -0.39 is 0 Å². The van der Waals surface area contributed by atoms with Crippen molar-refractivity contribution in [1.82, 2.24) is 4.98 Å². The van der Waals surface area contributed by atoms with Crippen LogP contribution in [0.4, 0.5) is 8.78 Å². The van der Waals surface area contributed by atoms with Crippen LogP contribution in [0.2, 0.25) is 5.02 Å². The van der Waals surface area contributed by atoms with E-state index in [9.17, 15) is 8.78 Å². The molecule has 1 heterocycles. The molecular weight excluding hydrogens is 1260 g/mol. The smallest absolute Gasteiger partial charge is 0.141 e. The van der Waals surface area contributed by atoms with Crippen LogP contribution in [0.1, 0.15) is 207 Å². The highest BCUT2D eigenvalue weighted by Crippen LogP contribution is 2.30. The largest absolute Gasteiger partial charge is 0.497 e. The summed E-state index contributed by atoms with van der Waals surface area (Å²) in [7, 11) is 1.70. The monoisotopic (exact) mass is 1370 g/mol. The van der Waals surface area contributed by atoms with Gasteiger partial charge in [-0.15, -0.1) is 6.42 Å². The molecule has 0 spiro atoms. The summed E-state index contributed by atoms with van der Waals surface area (Å²) in [5.41, 5.74) is 14.4. The number of hydrogen-bond acceptors (Lipinski definition) is 4. The molecule has 0 amide bonds. The van der Waals surface area contributed by atoms with Crippen molar-refractivity contribution in [2.45, 2.75) is 203 Å². The molecule has 9 rings (SSSR count). The molecule has 9 aromatic rings. The minimum absolute atomic E-state index is 0.0251. The number of hydrogen-bond donors (Lipinski definition) is 0. The van der Waals surface area contributed by atoms with Gasteiger partial charge in [0.15, 0.2) is 0 Å². The summed E-state index contributed by atoms with van der Waals surface area (Å²) in [6.07, 6.45) is 7.09. The first kappa shape index (κ1) is 81.7. The van der Waals surface area contributed by atoms with Crippen molar-refractivity contribution in [3.63, 3.8) is 0 Å². The Bertz CT molecular complexity index is 3690. The fraction of sp³-hybridized carbons (Fsp3) is 0.368. The second-order valence-electron chi connectivity index (χ2n) is 30.8. The quantitative estimate of drug-likeness (QED) is 0.149. The average Bonchev–Trinajstić information content (AvgIpc) is 1.69. The fourth-order valence-corrected chi connectivity index (χ4v) is 9.31. The first-order chi connectivity index (χ1) is 44.0. The molecule has 8 aromatic carbocycles. The van der Waals surface area contributed by atoms with E-state index in [0.717, 1.165) is 44.1 Å². The highest BCUT2D eigenvalue weighted by molar-refractivity contribution is 9.10. The topological polar surface area (TPSA) is 40.6 Å². The SMILES string of the molecule is C#Cc1cccc(C(C)(C)C)c1.CC(C)(C)c1ccc(F)c(Cl)c1.CC(C)(C)c1ccc(OCc2cccc(F)c2)cc1.CC(C)(C)c1ccc(OCc2ccccn2)cc1.CC(C)(C)c1cccc(Br)c1.COc1cccc(C(C)(C)C)c1.Cc1cccc(C(C)(C)C)c1. The lowest BCUT2D eigenvalue weighted by Crippen LogP contribution is -2.10. The van der Waals surface area contributed by atoms with Crippen LogP contribution in [0.3, 0.4) is 0 Å². The normalized spacial score (nSPS) is 11.4. The maximum absolute atomic E-state index is 13.0. The molecule has 0 saturated heterocycles.